The lowest BCUT2D eigenvalue weighted by molar-refractivity contribution is -0.114. The number of carbonyl (C=O) groups excluding carboxylic acids is 1. The fraction of sp³-hybridized carbons (Fsp3) is 0.208. The Hall–Kier alpha value is -3.85. The maximum absolute atomic E-state index is 12.8. The molecule has 30 heavy (non-hydrogen) atoms. The van der Waals surface area contributed by atoms with Crippen LogP contribution in [0, 0.1) is 32.1 Å². The summed E-state index contributed by atoms with van der Waals surface area (Å²) >= 11 is 0. The summed E-state index contributed by atoms with van der Waals surface area (Å²) in [6, 6.07) is 17.8. The summed E-state index contributed by atoms with van der Waals surface area (Å²) in [5.74, 6) is 0.706. The first-order valence-corrected chi connectivity index (χ1v) is 9.79. The van der Waals surface area contributed by atoms with Crippen LogP contribution in [-0.2, 0) is 4.79 Å². The van der Waals surface area contributed by atoms with Gasteiger partial charge >= 0.3 is 0 Å². The fourth-order valence-electron chi connectivity index (χ4n) is 3.72. The zero-order valence-corrected chi connectivity index (χ0v) is 17.5. The summed E-state index contributed by atoms with van der Waals surface area (Å²) in [5.41, 5.74) is 6.72. The Bertz CT molecular complexity index is 1330. The molecule has 4 aromatic rings. The van der Waals surface area contributed by atoms with Gasteiger partial charge < -0.3 is 10.2 Å². The highest BCUT2D eigenvalue weighted by molar-refractivity contribution is 5.95. The number of nitrogens with one attached hydrogen (secondary N) is 1. The largest absolute Gasteiger partial charge is 0.351 e. The molecule has 4 rings (SSSR count). The van der Waals surface area contributed by atoms with E-state index in [1.165, 1.54) is 0 Å². The molecule has 2 heterocycles. The molecular formula is C24H23N5O. The number of hydrogen-bond acceptors (Lipinski definition) is 4. The first kappa shape index (κ1) is 19.5. The lowest BCUT2D eigenvalue weighted by Crippen LogP contribution is -2.31. The van der Waals surface area contributed by atoms with E-state index in [1.54, 1.807) is 0 Å². The SMILES string of the molecule is Cc1cccc(NC(=O)CN(C)c2cc(C)c(C#N)c3nc4ccccc4n23)c1C. The number of hydrogen-bond donors (Lipinski definition) is 1. The van der Waals surface area contributed by atoms with Crippen LogP contribution in [0.4, 0.5) is 11.5 Å². The minimum absolute atomic E-state index is 0.106. The Labute approximate surface area is 175 Å². The maximum Gasteiger partial charge on any atom is 0.243 e. The van der Waals surface area contributed by atoms with Gasteiger partial charge in [-0.3, -0.25) is 9.20 Å². The number of amides is 1. The molecule has 0 atom stereocenters. The van der Waals surface area contributed by atoms with Gasteiger partial charge in [-0.1, -0.05) is 24.3 Å². The smallest absolute Gasteiger partial charge is 0.243 e. The van der Waals surface area contributed by atoms with Crippen LogP contribution in [0.15, 0.2) is 48.5 Å². The zero-order valence-electron chi connectivity index (χ0n) is 17.5. The van der Waals surface area contributed by atoms with Crippen LogP contribution in [0.5, 0.6) is 0 Å². The normalized spacial score (nSPS) is 10.9. The molecule has 0 aliphatic heterocycles. The Morgan fingerprint density at radius 3 is 2.67 bits per heavy atom. The number of rotatable bonds is 4. The van der Waals surface area contributed by atoms with Crippen molar-refractivity contribution >= 4 is 34.1 Å². The number of benzene rings is 2. The molecular weight excluding hydrogens is 374 g/mol. The average molecular weight is 397 g/mol. The molecule has 1 amide bonds. The quantitative estimate of drug-likeness (QED) is 0.555. The van der Waals surface area contributed by atoms with Crippen molar-refractivity contribution in [3.8, 4) is 6.07 Å². The molecule has 2 aromatic heterocycles. The van der Waals surface area contributed by atoms with Gasteiger partial charge in [0.1, 0.15) is 11.9 Å². The van der Waals surface area contributed by atoms with Crippen LogP contribution >= 0.6 is 0 Å². The van der Waals surface area contributed by atoms with Crippen molar-refractivity contribution in [3.63, 3.8) is 0 Å². The van der Waals surface area contributed by atoms with Gasteiger partial charge in [0.05, 0.1) is 23.1 Å². The third-order valence-corrected chi connectivity index (χ3v) is 5.52. The topological polar surface area (TPSA) is 73.4 Å². The van der Waals surface area contributed by atoms with Crippen molar-refractivity contribution in [1.82, 2.24) is 9.38 Å². The number of para-hydroxylation sites is 2. The number of likely N-dealkylation sites (N-methyl/N-ethyl adjacent to an activating group) is 1. The summed E-state index contributed by atoms with van der Waals surface area (Å²) in [5, 5.41) is 12.7. The van der Waals surface area contributed by atoms with Crippen molar-refractivity contribution in [2.75, 3.05) is 23.8 Å². The summed E-state index contributed by atoms with van der Waals surface area (Å²) in [7, 11) is 1.87. The van der Waals surface area contributed by atoms with E-state index in [-0.39, 0.29) is 12.5 Å². The van der Waals surface area contributed by atoms with Crippen LogP contribution in [0.25, 0.3) is 16.7 Å². The van der Waals surface area contributed by atoms with Crippen LogP contribution in [0.2, 0.25) is 0 Å². The van der Waals surface area contributed by atoms with Crippen molar-refractivity contribution in [3.05, 3.63) is 70.8 Å². The highest BCUT2D eigenvalue weighted by Crippen LogP contribution is 2.28. The lowest BCUT2D eigenvalue weighted by atomic mass is 10.1. The minimum Gasteiger partial charge on any atom is -0.351 e. The Balaban J connectivity index is 1.73. The predicted molar refractivity (Wildman–Crippen MR) is 120 cm³/mol. The Morgan fingerprint density at radius 1 is 1.13 bits per heavy atom. The number of pyridine rings is 1. The molecule has 0 unspecified atom stereocenters. The first-order chi connectivity index (χ1) is 14.4. The van der Waals surface area contributed by atoms with E-state index in [2.05, 4.69) is 16.4 Å². The molecule has 2 aromatic carbocycles. The third kappa shape index (κ3) is 3.25. The maximum atomic E-state index is 12.8. The molecule has 1 N–H and O–H groups in total. The number of fused-ring (bicyclic) bond motifs is 3. The number of aromatic nitrogens is 2. The van der Waals surface area contributed by atoms with Crippen LogP contribution in [0.3, 0.4) is 0 Å². The number of nitrogens with zero attached hydrogens (tertiary/aromatic N) is 4. The van der Waals surface area contributed by atoms with Crippen LogP contribution < -0.4 is 10.2 Å². The van der Waals surface area contributed by atoms with Crippen LogP contribution in [-0.4, -0.2) is 28.9 Å². The molecule has 0 saturated heterocycles. The highest BCUT2D eigenvalue weighted by Gasteiger charge is 2.18. The second-order valence-corrected chi connectivity index (χ2v) is 7.58. The highest BCUT2D eigenvalue weighted by atomic mass is 16.2. The van der Waals surface area contributed by atoms with Gasteiger partial charge in [-0.25, -0.2) is 4.98 Å². The van der Waals surface area contributed by atoms with Gasteiger partial charge in [-0.15, -0.1) is 0 Å². The van der Waals surface area contributed by atoms with Gasteiger partial charge in [-0.2, -0.15) is 5.26 Å². The molecule has 0 aliphatic rings. The van der Waals surface area contributed by atoms with E-state index in [4.69, 9.17) is 0 Å². The standard InChI is InChI=1S/C24H23N5O/c1-15-8-7-10-19(17(15)3)26-22(30)14-28(4)23-12-16(2)18(13-25)24-27-20-9-5-6-11-21(20)29(23)24/h5-12H,14H2,1-4H3,(H,26,30). The second kappa shape index (κ2) is 7.53. The number of aryl methyl sites for hydroxylation is 2. The van der Waals surface area contributed by atoms with E-state index >= 15 is 0 Å². The van der Waals surface area contributed by atoms with Crippen LogP contribution in [0.1, 0.15) is 22.3 Å². The van der Waals surface area contributed by atoms with Crippen molar-refractivity contribution in [2.45, 2.75) is 20.8 Å². The molecule has 150 valence electrons. The van der Waals surface area contributed by atoms with Crippen molar-refractivity contribution in [1.29, 1.82) is 5.26 Å². The van der Waals surface area contributed by atoms with E-state index in [0.29, 0.717) is 11.2 Å². The summed E-state index contributed by atoms with van der Waals surface area (Å²) in [6.45, 7) is 6.09. The van der Waals surface area contributed by atoms with Gasteiger partial charge in [0.2, 0.25) is 5.91 Å². The zero-order chi connectivity index (χ0) is 21.4. The average Bonchev–Trinajstić information content (AvgIpc) is 3.10. The molecule has 0 aliphatic carbocycles. The minimum atomic E-state index is -0.106. The monoisotopic (exact) mass is 397 g/mol. The fourth-order valence-corrected chi connectivity index (χ4v) is 3.72. The lowest BCUT2D eigenvalue weighted by Gasteiger charge is -2.22. The van der Waals surface area contributed by atoms with Crippen molar-refractivity contribution < 1.29 is 4.79 Å². The molecule has 0 saturated carbocycles. The predicted octanol–water partition coefficient (Wildman–Crippen LogP) is 4.36. The van der Waals surface area contributed by atoms with Gasteiger partial charge in [0.25, 0.3) is 0 Å². The van der Waals surface area contributed by atoms with E-state index in [0.717, 1.165) is 39.2 Å². The molecule has 0 spiro atoms. The summed E-state index contributed by atoms with van der Waals surface area (Å²) < 4.78 is 1.95. The van der Waals surface area contributed by atoms with E-state index in [1.807, 2.05) is 85.7 Å². The van der Waals surface area contributed by atoms with Crippen molar-refractivity contribution in [2.24, 2.45) is 0 Å². The molecule has 0 fully saturated rings. The third-order valence-electron chi connectivity index (χ3n) is 5.52. The number of carbonyl (C=O) groups is 1. The van der Waals surface area contributed by atoms with Gasteiger partial charge in [0.15, 0.2) is 5.65 Å². The number of nitriles is 1. The molecule has 0 bridgehead atoms. The van der Waals surface area contributed by atoms with E-state index < -0.39 is 0 Å². The molecule has 6 nitrogen and oxygen atoms in total. The number of anilines is 2. The Kier molecular flexibility index (Phi) is 4.88. The summed E-state index contributed by atoms with van der Waals surface area (Å²) in [4.78, 5) is 19.3. The molecule has 0 radical (unpaired) electrons. The second-order valence-electron chi connectivity index (χ2n) is 7.58. The Morgan fingerprint density at radius 2 is 1.90 bits per heavy atom. The summed E-state index contributed by atoms with van der Waals surface area (Å²) in [6.07, 6.45) is 0. The first-order valence-electron chi connectivity index (χ1n) is 9.79. The van der Waals surface area contributed by atoms with E-state index in [9.17, 15) is 10.1 Å². The number of imidazole rings is 1. The van der Waals surface area contributed by atoms with Gasteiger partial charge in [-0.05, 0) is 61.7 Å². The molecule has 6 heteroatoms. The van der Waals surface area contributed by atoms with Gasteiger partial charge in [0, 0.05) is 12.7 Å².